The fourth-order valence-corrected chi connectivity index (χ4v) is 2.67. The lowest BCUT2D eigenvalue weighted by Gasteiger charge is -2.19. The third-order valence-corrected chi connectivity index (χ3v) is 3.72. The molecule has 0 radical (unpaired) electrons. The molecule has 1 N–H and O–H groups in total. The van der Waals surface area contributed by atoms with E-state index in [-0.39, 0.29) is 17.9 Å². The van der Waals surface area contributed by atoms with Gasteiger partial charge >= 0.3 is 0 Å². The van der Waals surface area contributed by atoms with Gasteiger partial charge in [0.15, 0.2) is 0 Å². The number of rotatable bonds is 4. The van der Waals surface area contributed by atoms with Crippen LogP contribution in [-0.2, 0) is 13.0 Å². The van der Waals surface area contributed by atoms with E-state index in [1.807, 2.05) is 6.92 Å². The van der Waals surface area contributed by atoms with E-state index in [1.54, 1.807) is 6.07 Å². The second kappa shape index (κ2) is 5.28. The summed E-state index contributed by atoms with van der Waals surface area (Å²) in [5, 5.41) is 11.9. The van der Waals surface area contributed by atoms with Crippen molar-refractivity contribution in [2.45, 2.75) is 45.3 Å². The molecular formula is C14H18FN5. The van der Waals surface area contributed by atoms with Crippen LogP contribution in [-0.4, -0.2) is 19.7 Å². The first-order valence-electron chi connectivity index (χ1n) is 6.94. The van der Waals surface area contributed by atoms with Gasteiger partial charge < -0.3 is 4.57 Å². The van der Waals surface area contributed by atoms with Gasteiger partial charge in [-0.25, -0.2) is 4.39 Å². The van der Waals surface area contributed by atoms with E-state index in [0.29, 0.717) is 0 Å². The molecule has 0 aliphatic carbocycles. The number of nitrogens with zero attached hydrogens (tertiary/aromatic N) is 4. The van der Waals surface area contributed by atoms with Gasteiger partial charge in [0, 0.05) is 19.0 Å². The molecule has 0 fully saturated rings. The van der Waals surface area contributed by atoms with Gasteiger partial charge in [-0.05, 0) is 32.4 Å². The average Bonchev–Trinajstić information content (AvgIpc) is 3.01. The van der Waals surface area contributed by atoms with Crippen LogP contribution in [0.25, 0.3) is 0 Å². The fourth-order valence-electron chi connectivity index (χ4n) is 2.67. The van der Waals surface area contributed by atoms with Crippen LogP contribution in [0.2, 0.25) is 0 Å². The zero-order valence-corrected chi connectivity index (χ0v) is 11.7. The van der Waals surface area contributed by atoms with Crippen LogP contribution in [0.3, 0.4) is 0 Å². The number of nitrogens with one attached hydrogen (secondary N) is 1. The van der Waals surface area contributed by atoms with E-state index in [0.717, 1.165) is 36.7 Å². The smallest absolute Gasteiger partial charge is 0.149 e. The van der Waals surface area contributed by atoms with Crippen molar-refractivity contribution < 1.29 is 4.39 Å². The van der Waals surface area contributed by atoms with Gasteiger partial charge in [-0.15, -0.1) is 10.2 Å². The summed E-state index contributed by atoms with van der Waals surface area (Å²) in [7, 11) is 0. The number of halogens is 1. The number of fused-ring (bicyclic) bond motifs is 1. The van der Waals surface area contributed by atoms with Gasteiger partial charge in [0.1, 0.15) is 17.5 Å². The van der Waals surface area contributed by atoms with Gasteiger partial charge in [0.25, 0.3) is 0 Å². The molecule has 20 heavy (non-hydrogen) atoms. The van der Waals surface area contributed by atoms with Crippen LogP contribution < -0.4 is 5.32 Å². The first-order chi connectivity index (χ1) is 9.65. The van der Waals surface area contributed by atoms with Crippen LogP contribution in [0.1, 0.15) is 49.7 Å². The standard InChI is InChI=1S/C14H18FN5/c1-9(12-6-5-11(15)8-16-12)17-10(2)14-19-18-13-4-3-7-20(13)14/h5-6,8-10,17H,3-4,7H2,1-2H3. The molecule has 2 unspecified atom stereocenters. The molecule has 0 aromatic carbocycles. The number of pyridine rings is 1. The maximum absolute atomic E-state index is 12.9. The first kappa shape index (κ1) is 13.2. The Bertz CT molecular complexity index is 592. The Labute approximate surface area is 117 Å². The normalized spacial score (nSPS) is 16.9. The Kier molecular flexibility index (Phi) is 3.48. The lowest BCUT2D eigenvalue weighted by Crippen LogP contribution is -2.25. The Morgan fingerprint density at radius 3 is 2.85 bits per heavy atom. The fraction of sp³-hybridized carbons (Fsp3) is 0.500. The molecule has 3 rings (SSSR count). The second-order valence-electron chi connectivity index (χ2n) is 5.24. The van der Waals surface area contributed by atoms with Crippen LogP contribution >= 0.6 is 0 Å². The van der Waals surface area contributed by atoms with Gasteiger partial charge in [-0.3, -0.25) is 10.3 Å². The van der Waals surface area contributed by atoms with Crippen molar-refractivity contribution in [3.05, 3.63) is 41.5 Å². The quantitative estimate of drug-likeness (QED) is 0.929. The third-order valence-electron chi connectivity index (χ3n) is 3.72. The highest BCUT2D eigenvalue weighted by Gasteiger charge is 2.22. The number of hydrogen-bond acceptors (Lipinski definition) is 4. The summed E-state index contributed by atoms with van der Waals surface area (Å²) in [6.45, 7) is 5.07. The largest absolute Gasteiger partial charge is 0.314 e. The summed E-state index contributed by atoms with van der Waals surface area (Å²) in [6, 6.07) is 3.24. The van der Waals surface area contributed by atoms with Crippen LogP contribution in [0, 0.1) is 5.82 Å². The lowest BCUT2D eigenvalue weighted by molar-refractivity contribution is 0.452. The van der Waals surface area contributed by atoms with E-state index in [1.165, 1.54) is 12.3 Å². The molecule has 1 aliphatic rings. The summed E-state index contributed by atoms with van der Waals surface area (Å²) in [5.41, 5.74) is 0.819. The maximum Gasteiger partial charge on any atom is 0.149 e. The highest BCUT2D eigenvalue weighted by molar-refractivity contribution is 5.11. The van der Waals surface area contributed by atoms with E-state index < -0.39 is 0 Å². The van der Waals surface area contributed by atoms with Gasteiger partial charge in [-0.1, -0.05) is 0 Å². The molecule has 2 atom stereocenters. The Morgan fingerprint density at radius 1 is 1.25 bits per heavy atom. The van der Waals surface area contributed by atoms with Crippen molar-refractivity contribution in [1.29, 1.82) is 0 Å². The van der Waals surface area contributed by atoms with Crippen LogP contribution in [0.15, 0.2) is 18.3 Å². The van der Waals surface area contributed by atoms with E-state index in [4.69, 9.17) is 0 Å². The van der Waals surface area contributed by atoms with Gasteiger partial charge in [0.05, 0.1) is 17.9 Å². The minimum Gasteiger partial charge on any atom is -0.314 e. The van der Waals surface area contributed by atoms with Gasteiger partial charge in [0.2, 0.25) is 0 Å². The average molecular weight is 275 g/mol. The second-order valence-corrected chi connectivity index (χ2v) is 5.24. The Balaban J connectivity index is 1.72. The molecule has 6 heteroatoms. The predicted octanol–water partition coefficient (Wildman–Crippen LogP) is 2.17. The predicted molar refractivity (Wildman–Crippen MR) is 72.5 cm³/mol. The minimum atomic E-state index is -0.315. The van der Waals surface area contributed by atoms with E-state index >= 15 is 0 Å². The number of aryl methyl sites for hydroxylation is 1. The van der Waals surface area contributed by atoms with Crippen LogP contribution in [0.4, 0.5) is 4.39 Å². The highest BCUT2D eigenvalue weighted by Crippen LogP contribution is 2.21. The van der Waals surface area contributed by atoms with Crippen LogP contribution in [0.5, 0.6) is 0 Å². The van der Waals surface area contributed by atoms with Crippen molar-refractivity contribution in [2.75, 3.05) is 0 Å². The molecule has 2 aromatic rings. The molecule has 0 amide bonds. The van der Waals surface area contributed by atoms with Crippen molar-refractivity contribution in [3.63, 3.8) is 0 Å². The molecule has 1 aliphatic heterocycles. The molecular weight excluding hydrogens is 257 g/mol. The third kappa shape index (κ3) is 2.43. The number of aromatic nitrogens is 4. The lowest BCUT2D eigenvalue weighted by atomic mass is 10.2. The summed E-state index contributed by atoms with van der Waals surface area (Å²) in [5.74, 6) is 1.72. The molecule has 0 spiro atoms. The maximum atomic E-state index is 12.9. The van der Waals surface area contributed by atoms with E-state index in [2.05, 4.69) is 32.0 Å². The molecule has 106 valence electrons. The topological polar surface area (TPSA) is 55.6 Å². The first-order valence-corrected chi connectivity index (χ1v) is 6.94. The zero-order chi connectivity index (χ0) is 14.1. The Hall–Kier alpha value is -1.82. The monoisotopic (exact) mass is 275 g/mol. The highest BCUT2D eigenvalue weighted by atomic mass is 19.1. The molecule has 0 bridgehead atoms. The van der Waals surface area contributed by atoms with Crippen molar-refractivity contribution in [2.24, 2.45) is 0 Å². The molecule has 3 heterocycles. The minimum absolute atomic E-state index is 0.0277. The number of hydrogen-bond donors (Lipinski definition) is 1. The Morgan fingerprint density at radius 2 is 2.10 bits per heavy atom. The summed E-state index contributed by atoms with van der Waals surface area (Å²) < 4.78 is 15.1. The van der Waals surface area contributed by atoms with Crippen molar-refractivity contribution >= 4 is 0 Å². The van der Waals surface area contributed by atoms with Crippen molar-refractivity contribution in [1.82, 2.24) is 25.1 Å². The summed E-state index contributed by atoms with van der Waals surface area (Å²) in [6.07, 6.45) is 3.39. The van der Waals surface area contributed by atoms with E-state index in [9.17, 15) is 4.39 Å². The summed E-state index contributed by atoms with van der Waals surface area (Å²) in [4.78, 5) is 4.10. The summed E-state index contributed by atoms with van der Waals surface area (Å²) >= 11 is 0. The SMILES string of the molecule is CC(NC(C)c1nnc2n1CCC2)c1ccc(F)cn1. The molecule has 0 saturated carbocycles. The van der Waals surface area contributed by atoms with Crippen molar-refractivity contribution in [3.8, 4) is 0 Å². The molecule has 0 saturated heterocycles. The molecule has 2 aromatic heterocycles. The molecule has 5 nitrogen and oxygen atoms in total. The zero-order valence-electron chi connectivity index (χ0n) is 11.7. The van der Waals surface area contributed by atoms with Gasteiger partial charge in [-0.2, -0.15) is 0 Å².